The normalized spacial score (nSPS) is 10.3. The summed E-state index contributed by atoms with van der Waals surface area (Å²) in [5.74, 6) is 1.48. The summed E-state index contributed by atoms with van der Waals surface area (Å²) in [6, 6.07) is 3.51. The van der Waals surface area contributed by atoms with Gasteiger partial charge in [0.25, 0.3) is 5.69 Å². The Kier molecular flexibility index (Phi) is 5.44. The number of nitrogens with zero attached hydrogens (tertiary/aromatic N) is 4. The summed E-state index contributed by atoms with van der Waals surface area (Å²) in [7, 11) is 0. The van der Waals surface area contributed by atoms with Crippen molar-refractivity contribution < 1.29 is 4.92 Å². The molecule has 0 aliphatic carbocycles. The summed E-state index contributed by atoms with van der Waals surface area (Å²) in [5, 5.41) is 14.6. The average Bonchev–Trinajstić information content (AvgIpc) is 2.47. The Hall–Kier alpha value is -2.22. The summed E-state index contributed by atoms with van der Waals surface area (Å²) in [6.45, 7) is 2.49. The lowest BCUT2D eigenvalue weighted by molar-refractivity contribution is -0.385. The Balaban J connectivity index is 1.74. The second-order valence-corrected chi connectivity index (χ2v) is 5.38. The third kappa shape index (κ3) is 4.67. The molecule has 0 aliphatic heterocycles. The minimum Gasteiger partial charge on any atom is -0.354 e. The Labute approximate surface area is 126 Å². The van der Waals surface area contributed by atoms with Crippen molar-refractivity contribution >= 4 is 23.4 Å². The summed E-state index contributed by atoms with van der Waals surface area (Å²) >= 11 is 1.58. The molecule has 21 heavy (non-hydrogen) atoms. The molecule has 7 nitrogen and oxygen atoms in total. The first-order valence-corrected chi connectivity index (χ1v) is 7.40. The van der Waals surface area contributed by atoms with Crippen LogP contribution in [-0.4, -0.2) is 32.2 Å². The number of aryl methyl sites for hydroxylation is 1. The fourth-order valence-corrected chi connectivity index (χ4v) is 2.52. The summed E-state index contributed by atoms with van der Waals surface area (Å²) < 4.78 is 0. The van der Waals surface area contributed by atoms with E-state index in [2.05, 4.69) is 20.3 Å². The molecule has 0 saturated heterocycles. The van der Waals surface area contributed by atoms with Gasteiger partial charge in [-0.2, -0.15) is 0 Å². The highest BCUT2D eigenvalue weighted by Crippen LogP contribution is 2.22. The summed E-state index contributed by atoms with van der Waals surface area (Å²) in [5.41, 5.74) is 0.690. The standard InChI is InChI=1S/C13H15N5O2S/c1-10-8-12(17-9-11(10)18(19)20)21-7-3-6-16-13-14-4-2-5-15-13/h2,4-5,8-9H,3,6-7H2,1H3,(H,14,15,16). The van der Waals surface area contributed by atoms with Crippen LogP contribution in [0.4, 0.5) is 11.6 Å². The van der Waals surface area contributed by atoms with Crippen LogP contribution in [0.3, 0.4) is 0 Å². The monoisotopic (exact) mass is 305 g/mol. The molecular formula is C13H15N5O2S. The molecule has 0 bridgehead atoms. The van der Waals surface area contributed by atoms with Crippen LogP contribution < -0.4 is 5.32 Å². The van der Waals surface area contributed by atoms with Crippen molar-refractivity contribution in [3.05, 3.63) is 46.4 Å². The van der Waals surface area contributed by atoms with E-state index in [1.807, 2.05) is 0 Å². The Morgan fingerprint density at radius 3 is 2.76 bits per heavy atom. The number of hydrogen-bond acceptors (Lipinski definition) is 7. The number of pyridine rings is 1. The molecule has 0 radical (unpaired) electrons. The fourth-order valence-electron chi connectivity index (χ4n) is 1.63. The lowest BCUT2D eigenvalue weighted by Crippen LogP contribution is -2.05. The van der Waals surface area contributed by atoms with Gasteiger partial charge in [0.1, 0.15) is 6.20 Å². The van der Waals surface area contributed by atoms with Crippen LogP contribution in [0.5, 0.6) is 0 Å². The predicted molar refractivity (Wildman–Crippen MR) is 81.5 cm³/mol. The zero-order chi connectivity index (χ0) is 15.1. The molecule has 0 spiro atoms. The zero-order valence-corrected chi connectivity index (χ0v) is 12.3. The maximum atomic E-state index is 10.7. The van der Waals surface area contributed by atoms with Crippen LogP contribution in [0.15, 0.2) is 35.7 Å². The molecule has 110 valence electrons. The van der Waals surface area contributed by atoms with Crippen molar-refractivity contribution in [1.29, 1.82) is 0 Å². The molecule has 2 aromatic rings. The van der Waals surface area contributed by atoms with Gasteiger partial charge >= 0.3 is 0 Å². The minimum absolute atomic E-state index is 0.0576. The van der Waals surface area contributed by atoms with E-state index in [1.54, 1.807) is 43.2 Å². The van der Waals surface area contributed by atoms with Crippen molar-refractivity contribution in [3.63, 3.8) is 0 Å². The van der Waals surface area contributed by atoms with Crippen LogP contribution in [-0.2, 0) is 0 Å². The fraction of sp³-hybridized carbons (Fsp3) is 0.308. The number of nitro groups is 1. The first-order chi connectivity index (χ1) is 10.2. The topological polar surface area (TPSA) is 93.8 Å². The van der Waals surface area contributed by atoms with E-state index in [1.165, 1.54) is 6.20 Å². The van der Waals surface area contributed by atoms with Gasteiger partial charge in [-0.25, -0.2) is 15.0 Å². The third-order valence-corrected chi connectivity index (χ3v) is 3.69. The van der Waals surface area contributed by atoms with Gasteiger partial charge < -0.3 is 5.32 Å². The number of thioether (sulfide) groups is 1. The first-order valence-electron chi connectivity index (χ1n) is 6.41. The first kappa shape index (κ1) is 15.2. The number of nitrogens with one attached hydrogen (secondary N) is 1. The maximum Gasteiger partial charge on any atom is 0.290 e. The van der Waals surface area contributed by atoms with Crippen molar-refractivity contribution in [3.8, 4) is 0 Å². The van der Waals surface area contributed by atoms with Gasteiger partial charge in [0.2, 0.25) is 5.95 Å². The maximum absolute atomic E-state index is 10.7. The highest BCUT2D eigenvalue weighted by atomic mass is 32.2. The SMILES string of the molecule is Cc1cc(SCCCNc2ncccn2)ncc1[N+](=O)[O-]. The zero-order valence-electron chi connectivity index (χ0n) is 11.5. The van der Waals surface area contributed by atoms with E-state index in [0.29, 0.717) is 11.5 Å². The van der Waals surface area contributed by atoms with Crippen molar-refractivity contribution in [1.82, 2.24) is 15.0 Å². The van der Waals surface area contributed by atoms with Gasteiger partial charge in [0, 0.05) is 30.3 Å². The molecule has 1 N–H and O–H groups in total. The molecule has 0 unspecified atom stereocenters. The molecule has 0 aromatic carbocycles. The van der Waals surface area contributed by atoms with Gasteiger partial charge in [0.15, 0.2) is 0 Å². The van der Waals surface area contributed by atoms with Gasteiger partial charge in [0.05, 0.1) is 9.95 Å². The Morgan fingerprint density at radius 1 is 1.33 bits per heavy atom. The van der Waals surface area contributed by atoms with Gasteiger partial charge in [-0.1, -0.05) is 0 Å². The lowest BCUT2D eigenvalue weighted by Gasteiger charge is -2.04. The van der Waals surface area contributed by atoms with Crippen molar-refractivity contribution in [2.24, 2.45) is 0 Å². The lowest BCUT2D eigenvalue weighted by atomic mass is 10.3. The second kappa shape index (κ2) is 7.53. The number of aromatic nitrogens is 3. The van der Waals surface area contributed by atoms with E-state index in [-0.39, 0.29) is 5.69 Å². The van der Waals surface area contributed by atoms with Crippen molar-refractivity contribution in [2.45, 2.75) is 18.4 Å². The van der Waals surface area contributed by atoms with E-state index in [0.717, 1.165) is 23.7 Å². The predicted octanol–water partition coefficient (Wildman–Crippen LogP) is 2.68. The van der Waals surface area contributed by atoms with Crippen LogP contribution in [0.1, 0.15) is 12.0 Å². The van der Waals surface area contributed by atoms with Crippen LogP contribution >= 0.6 is 11.8 Å². The van der Waals surface area contributed by atoms with E-state index >= 15 is 0 Å². The highest BCUT2D eigenvalue weighted by Gasteiger charge is 2.11. The molecule has 2 aromatic heterocycles. The number of hydrogen-bond donors (Lipinski definition) is 1. The Morgan fingerprint density at radius 2 is 2.10 bits per heavy atom. The van der Waals surface area contributed by atoms with Gasteiger partial charge in [-0.05, 0) is 25.5 Å². The summed E-state index contributed by atoms with van der Waals surface area (Å²) in [6.07, 6.45) is 5.61. The summed E-state index contributed by atoms with van der Waals surface area (Å²) in [4.78, 5) is 22.5. The van der Waals surface area contributed by atoms with E-state index < -0.39 is 4.92 Å². The second-order valence-electron chi connectivity index (χ2n) is 4.27. The molecule has 0 amide bonds. The van der Waals surface area contributed by atoms with Gasteiger partial charge in [-0.15, -0.1) is 11.8 Å². The van der Waals surface area contributed by atoms with Crippen LogP contribution in [0.25, 0.3) is 0 Å². The van der Waals surface area contributed by atoms with E-state index in [9.17, 15) is 10.1 Å². The quantitative estimate of drug-likeness (QED) is 0.364. The Bertz CT molecular complexity index is 609. The number of anilines is 1. The van der Waals surface area contributed by atoms with Crippen LogP contribution in [0.2, 0.25) is 0 Å². The smallest absolute Gasteiger partial charge is 0.290 e. The van der Waals surface area contributed by atoms with E-state index in [4.69, 9.17) is 0 Å². The molecule has 2 rings (SSSR count). The molecule has 0 saturated carbocycles. The number of rotatable bonds is 7. The minimum atomic E-state index is -0.416. The van der Waals surface area contributed by atoms with Gasteiger partial charge in [-0.3, -0.25) is 10.1 Å². The molecule has 0 fully saturated rings. The molecular weight excluding hydrogens is 290 g/mol. The largest absolute Gasteiger partial charge is 0.354 e. The third-order valence-electron chi connectivity index (χ3n) is 2.67. The molecule has 8 heteroatoms. The molecule has 0 atom stereocenters. The average molecular weight is 305 g/mol. The van der Waals surface area contributed by atoms with Crippen LogP contribution in [0, 0.1) is 17.0 Å². The highest BCUT2D eigenvalue weighted by molar-refractivity contribution is 7.99. The van der Waals surface area contributed by atoms with Crippen molar-refractivity contribution in [2.75, 3.05) is 17.6 Å². The molecule has 2 heterocycles. The molecule has 0 aliphatic rings.